The van der Waals surface area contributed by atoms with Crippen LogP contribution in [0.5, 0.6) is 0 Å². The van der Waals surface area contributed by atoms with Crippen LogP contribution in [0.4, 0.5) is 0 Å². The van der Waals surface area contributed by atoms with Gasteiger partial charge < -0.3 is 0 Å². The van der Waals surface area contributed by atoms with Crippen molar-refractivity contribution in [2.75, 3.05) is 0 Å². The van der Waals surface area contributed by atoms with E-state index in [9.17, 15) is 0 Å². The molecule has 19 heavy (non-hydrogen) atoms. The van der Waals surface area contributed by atoms with Gasteiger partial charge in [0, 0.05) is 0 Å². The van der Waals surface area contributed by atoms with E-state index < -0.39 is 0 Å². The van der Waals surface area contributed by atoms with Gasteiger partial charge in [-0.3, -0.25) is 0 Å². The van der Waals surface area contributed by atoms with Gasteiger partial charge >= 0.3 is 126 Å². The fourth-order valence-electron chi connectivity index (χ4n) is 2.78. The molecule has 0 aromatic heterocycles. The Hall–Kier alpha value is -1.52. The Kier molecular flexibility index (Phi) is 2.53. The zero-order valence-corrected chi connectivity index (χ0v) is 12.9. The van der Waals surface area contributed by atoms with Gasteiger partial charge in [0.1, 0.15) is 0 Å². The first kappa shape index (κ1) is 11.3. The Morgan fingerprint density at radius 1 is 0.579 bits per heavy atom. The summed E-state index contributed by atoms with van der Waals surface area (Å²) in [4.78, 5) is 0. The molecule has 0 aliphatic heterocycles. The molecule has 0 saturated carbocycles. The molecular formula is C18H11Sb. The number of hydrogen-bond acceptors (Lipinski definition) is 0. The van der Waals surface area contributed by atoms with E-state index >= 15 is 0 Å². The summed E-state index contributed by atoms with van der Waals surface area (Å²) in [6.07, 6.45) is 0. The van der Waals surface area contributed by atoms with Gasteiger partial charge in [0.2, 0.25) is 0 Å². The summed E-state index contributed by atoms with van der Waals surface area (Å²) in [6.45, 7) is 0. The van der Waals surface area contributed by atoms with Crippen molar-refractivity contribution in [3.05, 3.63) is 66.7 Å². The summed E-state index contributed by atoms with van der Waals surface area (Å²) in [7, 11) is 0. The molecule has 0 heterocycles. The SMILES string of the molecule is [Sb][c]1cccc2ccc3cc4ccccc4cc3c12. The van der Waals surface area contributed by atoms with Crippen LogP contribution in [0.3, 0.4) is 0 Å². The van der Waals surface area contributed by atoms with E-state index in [0.29, 0.717) is 0 Å². The summed E-state index contributed by atoms with van der Waals surface area (Å²) in [5, 5.41) is 8.06. The first-order chi connectivity index (χ1) is 9.33. The minimum atomic E-state index is 1.31. The monoisotopic (exact) mass is 348 g/mol. The van der Waals surface area contributed by atoms with E-state index in [4.69, 9.17) is 0 Å². The van der Waals surface area contributed by atoms with E-state index in [1.165, 1.54) is 35.8 Å². The Labute approximate surface area is 125 Å². The molecule has 1 heteroatoms. The third-order valence-electron chi connectivity index (χ3n) is 3.70. The Morgan fingerprint density at radius 2 is 1.26 bits per heavy atom. The second kappa shape index (κ2) is 4.25. The van der Waals surface area contributed by atoms with Gasteiger partial charge in [0.25, 0.3) is 0 Å². The van der Waals surface area contributed by atoms with Gasteiger partial charge in [-0.2, -0.15) is 0 Å². The van der Waals surface area contributed by atoms with Crippen molar-refractivity contribution in [2.45, 2.75) is 0 Å². The third-order valence-corrected chi connectivity index (χ3v) is 4.77. The van der Waals surface area contributed by atoms with Crippen molar-refractivity contribution in [1.29, 1.82) is 0 Å². The van der Waals surface area contributed by atoms with Crippen LogP contribution in [-0.2, 0) is 0 Å². The molecule has 4 rings (SSSR count). The average Bonchev–Trinajstić information content (AvgIpc) is 2.45. The molecule has 0 aliphatic rings. The standard InChI is InChI=1S/C18H11.Sb/c1-2-7-15-12-18-16(11-14(15)6-1)10-9-13-5-3-4-8-17(13)18;/h1-7,9-12H;. The number of hydrogen-bond donors (Lipinski definition) is 0. The second-order valence-corrected chi connectivity index (χ2v) is 6.24. The number of fused-ring (bicyclic) bond motifs is 4. The molecule has 4 aromatic carbocycles. The van der Waals surface area contributed by atoms with Gasteiger partial charge in [-0.1, -0.05) is 0 Å². The van der Waals surface area contributed by atoms with Crippen LogP contribution in [0.15, 0.2) is 66.7 Å². The van der Waals surface area contributed by atoms with Gasteiger partial charge in [0.15, 0.2) is 0 Å². The average molecular weight is 349 g/mol. The molecule has 0 spiro atoms. The maximum atomic E-state index is 2.33. The van der Waals surface area contributed by atoms with Crippen LogP contribution in [0.2, 0.25) is 0 Å². The molecule has 0 atom stereocenters. The zero-order chi connectivity index (χ0) is 12.8. The molecule has 0 saturated heterocycles. The van der Waals surface area contributed by atoms with Crippen molar-refractivity contribution in [1.82, 2.24) is 0 Å². The molecule has 0 amide bonds. The van der Waals surface area contributed by atoms with Gasteiger partial charge in [-0.05, 0) is 0 Å². The summed E-state index contributed by atoms with van der Waals surface area (Å²) < 4.78 is 1.40. The van der Waals surface area contributed by atoms with Crippen molar-refractivity contribution < 1.29 is 0 Å². The van der Waals surface area contributed by atoms with Crippen LogP contribution >= 0.6 is 0 Å². The fourth-order valence-corrected chi connectivity index (χ4v) is 3.74. The zero-order valence-electron chi connectivity index (χ0n) is 10.3. The first-order valence-electron chi connectivity index (χ1n) is 6.36. The molecule has 0 N–H and O–H groups in total. The molecule has 0 aliphatic carbocycles. The van der Waals surface area contributed by atoms with E-state index in [-0.39, 0.29) is 0 Å². The van der Waals surface area contributed by atoms with Gasteiger partial charge in [0.05, 0.1) is 0 Å². The predicted molar refractivity (Wildman–Crippen MR) is 84.3 cm³/mol. The number of rotatable bonds is 0. The Morgan fingerprint density at radius 3 is 2.11 bits per heavy atom. The van der Waals surface area contributed by atoms with Crippen molar-refractivity contribution in [3.8, 4) is 0 Å². The summed E-state index contributed by atoms with van der Waals surface area (Å²) >= 11 is 1.79. The first-order valence-corrected chi connectivity index (χ1v) is 7.64. The van der Waals surface area contributed by atoms with Crippen LogP contribution < -0.4 is 3.51 Å². The van der Waals surface area contributed by atoms with Gasteiger partial charge in [-0.25, -0.2) is 0 Å². The molecule has 0 fully saturated rings. The number of benzene rings is 4. The fraction of sp³-hybridized carbons (Fsp3) is 0. The summed E-state index contributed by atoms with van der Waals surface area (Å²) in [5.41, 5.74) is 0. The van der Waals surface area contributed by atoms with Crippen LogP contribution in [0.1, 0.15) is 0 Å². The molecule has 0 unspecified atom stereocenters. The second-order valence-electron chi connectivity index (χ2n) is 4.86. The molecule has 88 valence electrons. The van der Waals surface area contributed by atoms with Crippen LogP contribution in [0.25, 0.3) is 32.3 Å². The quantitative estimate of drug-likeness (QED) is 0.256. The summed E-state index contributed by atoms with van der Waals surface area (Å²) in [6, 6.07) is 24.2. The predicted octanol–water partition coefficient (Wildman–Crippen LogP) is 3.94. The van der Waals surface area contributed by atoms with E-state index in [1.54, 1.807) is 23.0 Å². The minimum absolute atomic E-state index is 1.31. The van der Waals surface area contributed by atoms with E-state index in [1.807, 2.05) is 0 Å². The van der Waals surface area contributed by atoms with Crippen LogP contribution in [-0.4, -0.2) is 23.0 Å². The molecule has 2 radical (unpaired) electrons. The van der Waals surface area contributed by atoms with Crippen molar-refractivity contribution in [2.24, 2.45) is 0 Å². The van der Waals surface area contributed by atoms with Crippen molar-refractivity contribution >= 4 is 58.8 Å². The van der Waals surface area contributed by atoms with Gasteiger partial charge in [-0.15, -0.1) is 0 Å². The van der Waals surface area contributed by atoms with E-state index in [0.717, 1.165) is 0 Å². The topological polar surface area (TPSA) is 0 Å². The Bertz CT molecular complexity index is 922. The van der Waals surface area contributed by atoms with E-state index in [2.05, 4.69) is 66.7 Å². The molecule has 0 nitrogen and oxygen atoms in total. The summed E-state index contributed by atoms with van der Waals surface area (Å²) in [5.74, 6) is 0. The van der Waals surface area contributed by atoms with Crippen LogP contribution in [0, 0.1) is 0 Å². The Balaban J connectivity index is 2.29. The molecule has 4 aromatic rings. The molecular weight excluding hydrogens is 338 g/mol. The maximum absolute atomic E-state index is 2.33. The normalized spacial score (nSPS) is 11.4. The van der Waals surface area contributed by atoms with Crippen molar-refractivity contribution in [3.63, 3.8) is 0 Å². The molecule has 0 bridgehead atoms. The third kappa shape index (κ3) is 1.75.